The molecule has 1 aromatic heterocycles. The Balaban J connectivity index is 1.89. The van der Waals surface area contributed by atoms with Crippen LogP contribution in [0.1, 0.15) is 33.4 Å². The largest absolute Gasteiger partial charge is 0.311 e. The Bertz CT molecular complexity index is 560. The highest BCUT2D eigenvalue weighted by molar-refractivity contribution is 5.73. The lowest BCUT2D eigenvalue weighted by Crippen LogP contribution is -2.44. The van der Waals surface area contributed by atoms with Crippen molar-refractivity contribution in [2.75, 3.05) is 6.54 Å². The number of hydrogen-bond donors (Lipinski definition) is 2. The molecule has 2 rings (SSSR count). The average Bonchev–Trinajstić information content (AvgIpc) is 2.42. The first-order valence-electron chi connectivity index (χ1n) is 7.13. The fraction of sp³-hybridized carbons (Fsp3) is 0.500. The quantitative estimate of drug-likeness (QED) is 0.878. The lowest BCUT2D eigenvalue weighted by Gasteiger charge is -2.24. The van der Waals surface area contributed by atoms with Crippen molar-refractivity contribution < 1.29 is 0 Å². The van der Waals surface area contributed by atoms with Gasteiger partial charge in [-0.3, -0.25) is 4.98 Å². The third kappa shape index (κ3) is 4.54. The molecular formula is C16H24N4. The Hall–Kier alpha value is -1.52. The van der Waals surface area contributed by atoms with E-state index in [9.17, 15) is 0 Å². The van der Waals surface area contributed by atoms with Gasteiger partial charge in [-0.1, -0.05) is 12.1 Å². The number of nitrogens with one attached hydrogen (secondary N) is 2. The fourth-order valence-corrected chi connectivity index (χ4v) is 1.89. The predicted octanol–water partition coefficient (Wildman–Crippen LogP) is 2.50. The van der Waals surface area contributed by atoms with Crippen LogP contribution in [0, 0.1) is 0 Å². The SMILES string of the molecule is CC(CNC(C)(C)C)NCc1cnc2ccccc2n1. The smallest absolute Gasteiger partial charge is 0.0890 e. The third-order valence-corrected chi connectivity index (χ3v) is 3.07. The summed E-state index contributed by atoms with van der Waals surface area (Å²) in [5.74, 6) is 0. The van der Waals surface area contributed by atoms with E-state index in [1.807, 2.05) is 30.5 Å². The minimum atomic E-state index is 0.151. The summed E-state index contributed by atoms with van der Waals surface area (Å²) in [7, 11) is 0. The van der Waals surface area contributed by atoms with Crippen LogP contribution in [-0.4, -0.2) is 28.1 Å². The Kier molecular flexibility index (Phi) is 4.68. The molecule has 0 aliphatic rings. The lowest BCUT2D eigenvalue weighted by molar-refractivity contribution is 0.386. The summed E-state index contributed by atoms with van der Waals surface area (Å²) in [6, 6.07) is 8.34. The van der Waals surface area contributed by atoms with Crippen LogP contribution in [-0.2, 0) is 6.54 Å². The Morgan fingerprint density at radius 1 is 1.15 bits per heavy atom. The highest BCUT2D eigenvalue weighted by Gasteiger charge is 2.10. The number of benzene rings is 1. The summed E-state index contributed by atoms with van der Waals surface area (Å²) in [6.45, 7) is 10.4. The van der Waals surface area contributed by atoms with Crippen molar-refractivity contribution in [2.24, 2.45) is 0 Å². The van der Waals surface area contributed by atoms with Gasteiger partial charge in [0.2, 0.25) is 0 Å². The van der Waals surface area contributed by atoms with E-state index >= 15 is 0 Å². The van der Waals surface area contributed by atoms with Gasteiger partial charge >= 0.3 is 0 Å². The van der Waals surface area contributed by atoms with Crippen molar-refractivity contribution >= 4 is 11.0 Å². The first kappa shape index (κ1) is 14.9. The van der Waals surface area contributed by atoms with Crippen LogP contribution < -0.4 is 10.6 Å². The van der Waals surface area contributed by atoms with Gasteiger partial charge in [-0.15, -0.1) is 0 Å². The molecule has 0 bridgehead atoms. The molecule has 0 fully saturated rings. The zero-order valence-electron chi connectivity index (χ0n) is 12.8. The fourth-order valence-electron chi connectivity index (χ4n) is 1.89. The van der Waals surface area contributed by atoms with E-state index in [0.29, 0.717) is 6.04 Å². The Morgan fingerprint density at radius 2 is 1.85 bits per heavy atom. The van der Waals surface area contributed by atoms with Crippen molar-refractivity contribution in [1.82, 2.24) is 20.6 Å². The summed E-state index contributed by atoms with van der Waals surface area (Å²) in [5.41, 5.74) is 3.02. The Morgan fingerprint density at radius 3 is 2.55 bits per heavy atom. The summed E-state index contributed by atoms with van der Waals surface area (Å²) in [5, 5.41) is 6.96. The number of rotatable bonds is 5. The molecular weight excluding hydrogens is 248 g/mol. The minimum absolute atomic E-state index is 0.151. The second-order valence-electron chi connectivity index (χ2n) is 6.26. The second-order valence-corrected chi connectivity index (χ2v) is 6.26. The molecule has 1 aromatic carbocycles. The van der Waals surface area contributed by atoms with Gasteiger partial charge in [0.1, 0.15) is 0 Å². The lowest BCUT2D eigenvalue weighted by atomic mass is 10.1. The summed E-state index contributed by atoms with van der Waals surface area (Å²) in [6.07, 6.45) is 1.85. The van der Waals surface area contributed by atoms with Crippen molar-refractivity contribution in [1.29, 1.82) is 0 Å². The second kappa shape index (κ2) is 6.29. The zero-order chi connectivity index (χ0) is 14.6. The molecule has 20 heavy (non-hydrogen) atoms. The summed E-state index contributed by atoms with van der Waals surface area (Å²) in [4.78, 5) is 9.04. The van der Waals surface area contributed by atoms with Gasteiger partial charge < -0.3 is 10.6 Å². The zero-order valence-corrected chi connectivity index (χ0v) is 12.8. The maximum Gasteiger partial charge on any atom is 0.0890 e. The third-order valence-electron chi connectivity index (χ3n) is 3.07. The van der Waals surface area contributed by atoms with Crippen LogP contribution in [0.25, 0.3) is 11.0 Å². The van der Waals surface area contributed by atoms with Crippen LogP contribution in [0.3, 0.4) is 0 Å². The number of fused-ring (bicyclic) bond motifs is 1. The minimum Gasteiger partial charge on any atom is -0.311 e. The molecule has 4 heteroatoms. The van der Waals surface area contributed by atoms with Crippen LogP contribution in [0.5, 0.6) is 0 Å². The van der Waals surface area contributed by atoms with Gasteiger partial charge in [0, 0.05) is 24.7 Å². The summed E-state index contributed by atoms with van der Waals surface area (Å²) < 4.78 is 0. The average molecular weight is 272 g/mol. The molecule has 1 unspecified atom stereocenters. The van der Waals surface area contributed by atoms with E-state index in [-0.39, 0.29) is 5.54 Å². The van der Waals surface area contributed by atoms with E-state index < -0.39 is 0 Å². The molecule has 0 aliphatic carbocycles. The van der Waals surface area contributed by atoms with E-state index in [2.05, 4.69) is 48.3 Å². The van der Waals surface area contributed by atoms with Gasteiger partial charge in [-0.2, -0.15) is 0 Å². The standard InChI is InChI=1S/C16H24N4/c1-12(9-19-16(2,3)4)17-10-13-11-18-14-7-5-6-8-15(14)20-13/h5-8,11-12,17,19H,9-10H2,1-4H3. The van der Waals surface area contributed by atoms with Gasteiger partial charge in [0.25, 0.3) is 0 Å². The van der Waals surface area contributed by atoms with Crippen LogP contribution in [0.2, 0.25) is 0 Å². The van der Waals surface area contributed by atoms with Gasteiger partial charge in [0.15, 0.2) is 0 Å². The molecule has 0 saturated heterocycles. The molecule has 1 heterocycles. The topological polar surface area (TPSA) is 49.8 Å². The first-order chi connectivity index (χ1) is 9.44. The molecule has 1 atom stereocenters. The highest BCUT2D eigenvalue weighted by atomic mass is 15.0. The normalized spacial score (nSPS) is 13.6. The number of nitrogens with zero attached hydrogens (tertiary/aromatic N) is 2. The maximum absolute atomic E-state index is 4.61. The van der Waals surface area contributed by atoms with Crippen LogP contribution in [0.4, 0.5) is 0 Å². The number of aromatic nitrogens is 2. The maximum atomic E-state index is 4.61. The van der Waals surface area contributed by atoms with Gasteiger partial charge in [0.05, 0.1) is 22.9 Å². The molecule has 0 radical (unpaired) electrons. The van der Waals surface area contributed by atoms with Gasteiger partial charge in [-0.05, 0) is 39.8 Å². The van der Waals surface area contributed by atoms with E-state index in [1.165, 1.54) is 0 Å². The monoisotopic (exact) mass is 272 g/mol. The van der Waals surface area contributed by atoms with Crippen LogP contribution >= 0.6 is 0 Å². The predicted molar refractivity (Wildman–Crippen MR) is 83.6 cm³/mol. The van der Waals surface area contributed by atoms with Gasteiger partial charge in [-0.25, -0.2) is 4.98 Å². The molecule has 4 nitrogen and oxygen atoms in total. The van der Waals surface area contributed by atoms with E-state index in [1.54, 1.807) is 0 Å². The Labute approximate surface area is 121 Å². The number of hydrogen-bond acceptors (Lipinski definition) is 4. The number of para-hydroxylation sites is 2. The van der Waals surface area contributed by atoms with Crippen molar-refractivity contribution in [3.05, 3.63) is 36.2 Å². The molecule has 0 amide bonds. The molecule has 2 aromatic rings. The van der Waals surface area contributed by atoms with Crippen molar-refractivity contribution in [3.8, 4) is 0 Å². The highest BCUT2D eigenvalue weighted by Crippen LogP contribution is 2.08. The molecule has 2 N–H and O–H groups in total. The van der Waals surface area contributed by atoms with Crippen molar-refractivity contribution in [3.63, 3.8) is 0 Å². The van der Waals surface area contributed by atoms with Crippen LogP contribution in [0.15, 0.2) is 30.5 Å². The molecule has 108 valence electrons. The molecule has 0 spiro atoms. The van der Waals surface area contributed by atoms with Crippen molar-refractivity contribution in [2.45, 2.75) is 45.8 Å². The summed E-state index contributed by atoms with van der Waals surface area (Å²) >= 11 is 0. The first-order valence-corrected chi connectivity index (χ1v) is 7.13. The van der Waals surface area contributed by atoms with E-state index in [0.717, 1.165) is 29.8 Å². The van der Waals surface area contributed by atoms with E-state index in [4.69, 9.17) is 0 Å². The molecule has 0 aliphatic heterocycles. The molecule has 0 saturated carbocycles.